The van der Waals surface area contributed by atoms with E-state index in [2.05, 4.69) is 61.6 Å². The average Bonchev–Trinajstić information content (AvgIpc) is 2.76. The number of hydrogen-bond donors (Lipinski definition) is 3. The zero-order valence-corrected chi connectivity index (χ0v) is 21.1. The molecule has 0 saturated carbocycles. The van der Waals surface area contributed by atoms with E-state index in [1.165, 1.54) is 0 Å². The second kappa shape index (κ2) is 11.0. The van der Waals surface area contributed by atoms with E-state index in [1.807, 2.05) is 24.9 Å². The third-order valence-electron chi connectivity index (χ3n) is 5.37. The van der Waals surface area contributed by atoms with E-state index in [9.17, 15) is 10.1 Å². The summed E-state index contributed by atoms with van der Waals surface area (Å²) in [5, 5.41) is 19.3. The Kier molecular flexibility index (Phi) is 8.63. The number of anilines is 4. The number of carbonyl (C=O) groups is 1. The number of rotatable bonds is 9. The van der Waals surface area contributed by atoms with Crippen LogP contribution < -0.4 is 20.9 Å². The maximum Gasteiger partial charge on any atom is 0.251 e. The molecule has 0 saturated heterocycles. The molecule has 0 fully saturated rings. The quantitative estimate of drug-likeness (QED) is 0.501. The summed E-state index contributed by atoms with van der Waals surface area (Å²) in [5.74, 6) is 1.29. The lowest BCUT2D eigenvalue weighted by atomic mass is 9.96. The van der Waals surface area contributed by atoms with E-state index in [4.69, 9.17) is 4.98 Å². The lowest BCUT2D eigenvalue weighted by molar-refractivity contribution is 0.0963. The van der Waals surface area contributed by atoms with Gasteiger partial charge in [-0.2, -0.15) is 15.2 Å². The second-order valence-corrected chi connectivity index (χ2v) is 9.51. The van der Waals surface area contributed by atoms with Gasteiger partial charge in [0.2, 0.25) is 5.95 Å². The summed E-state index contributed by atoms with van der Waals surface area (Å²) < 4.78 is 0. The molecule has 2 aromatic rings. The molecule has 2 rings (SSSR count). The predicted octanol–water partition coefficient (Wildman–Crippen LogP) is 4.84. The van der Waals surface area contributed by atoms with Gasteiger partial charge < -0.3 is 20.9 Å². The van der Waals surface area contributed by atoms with Crippen LogP contribution in [0.5, 0.6) is 0 Å². The first-order valence-corrected chi connectivity index (χ1v) is 11.4. The van der Waals surface area contributed by atoms with Crippen molar-refractivity contribution in [1.82, 2.24) is 15.3 Å². The molecule has 0 aliphatic heterocycles. The number of carbonyl (C=O) groups excluding carboxylic acids is 1. The molecule has 1 amide bonds. The van der Waals surface area contributed by atoms with Crippen LogP contribution in [0.4, 0.5) is 23.3 Å². The van der Waals surface area contributed by atoms with Gasteiger partial charge in [0.25, 0.3) is 5.91 Å². The van der Waals surface area contributed by atoms with Gasteiger partial charge in [-0.1, -0.05) is 40.7 Å². The minimum absolute atomic E-state index is 0.0153. The maximum absolute atomic E-state index is 12.1. The van der Waals surface area contributed by atoms with Crippen molar-refractivity contribution in [3.63, 3.8) is 0 Å². The number of amides is 1. The lowest BCUT2D eigenvalue weighted by Gasteiger charge is -2.29. The fourth-order valence-electron chi connectivity index (χ4n) is 3.62. The number of nitriles is 1. The Morgan fingerprint density at radius 3 is 2.42 bits per heavy atom. The van der Waals surface area contributed by atoms with Crippen molar-refractivity contribution in [1.29, 1.82) is 5.26 Å². The molecular formula is C25H37N7O. The van der Waals surface area contributed by atoms with Crippen LogP contribution in [-0.2, 0) is 0 Å². The van der Waals surface area contributed by atoms with Crippen LogP contribution in [0, 0.1) is 23.7 Å². The monoisotopic (exact) mass is 451 g/mol. The second-order valence-electron chi connectivity index (χ2n) is 9.51. The van der Waals surface area contributed by atoms with Gasteiger partial charge in [-0.05, 0) is 42.9 Å². The van der Waals surface area contributed by atoms with E-state index in [1.54, 1.807) is 19.2 Å². The Labute approximate surface area is 197 Å². The van der Waals surface area contributed by atoms with Gasteiger partial charge in [-0.25, -0.2) is 0 Å². The van der Waals surface area contributed by atoms with Crippen LogP contribution in [0.1, 0.15) is 68.9 Å². The maximum atomic E-state index is 12.1. The van der Waals surface area contributed by atoms with Gasteiger partial charge in [0, 0.05) is 37.9 Å². The van der Waals surface area contributed by atoms with Crippen molar-refractivity contribution < 1.29 is 4.79 Å². The minimum atomic E-state index is -0.166. The van der Waals surface area contributed by atoms with Crippen molar-refractivity contribution in [2.75, 3.05) is 36.2 Å². The highest BCUT2D eigenvalue weighted by Crippen LogP contribution is 2.30. The Morgan fingerprint density at radius 1 is 1.21 bits per heavy atom. The zero-order valence-electron chi connectivity index (χ0n) is 21.1. The molecule has 1 aromatic carbocycles. The Morgan fingerprint density at radius 2 is 1.88 bits per heavy atom. The van der Waals surface area contributed by atoms with E-state index >= 15 is 0 Å². The molecule has 0 radical (unpaired) electrons. The van der Waals surface area contributed by atoms with Crippen LogP contribution in [0.25, 0.3) is 0 Å². The number of nitrogens with zero attached hydrogens (tertiary/aromatic N) is 4. The first-order chi connectivity index (χ1) is 15.5. The van der Waals surface area contributed by atoms with Gasteiger partial charge >= 0.3 is 0 Å². The topological polar surface area (TPSA) is 106 Å². The average molecular weight is 452 g/mol. The molecule has 8 nitrogen and oxygen atoms in total. The van der Waals surface area contributed by atoms with Gasteiger partial charge in [0.05, 0.1) is 0 Å². The van der Waals surface area contributed by atoms with Gasteiger partial charge in [0.1, 0.15) is 11.6 Å². The van der Waals surface area contributed by atoms with Crippen molar-refractivity contribution in [2.24, 2.45) is 5.41 Å². The zero-order chi connectivity index (χ0) is 24.8. The third-order valence-corrected chi connectivity index (χ3v) is 5.37. The predicted molar refractivity (Wildman–Crippen MR) is 135 cm³/mol. The fourth-order valence-corrected chi connectivity index (χ4v) is 3.62. The molecule has 0 bridgehead atoms. The van der Waals surface area contributed by atoms with Crippen LogP contribution in [0.15, 0.2) is 18.2 Å². The van der Waals surface area contributed by atoms with Crippen LogP contribution in [0.2, 0.25) is 0 Å². The number of nitrogens with one attached hydrogen (secondary N) is 3. The summed E-state index contributed by atoms with van der Waals surface area (Å²) in [5.41, 5.74) is 2.67. The van der Waals surface area contributed by atoms with E-state index < -0.39 is 0 Å². The summed E-state index contributed by atoms with van der Waals surface area (Å²) in [6.07, 6.45) is 1.82. The molecule has 1 aromatic heterocycles. The summed E-state index contributed by atoms with van der Waals surface area (Å²) in [7, 11) is 3.54. The molecule has 1 heterocycles. The molecule has 0 aliphatic rings. The first-order valence-electron chi connectivity index (χ1n) is 11.4. The summed E-state index contributed by atoms with van der Waals surface area (Å²) in [4.78, 5) is 23.5. The molecule has 178 valence electrons. The number of hydrogen-bond acceptors (Lipinski definition) is 7. The summed E-state index contributed by atoms with van der Waals surface area (Å²) >= 11 is 0. The van der Waals surface area contributed by atoms with Gasteiger partial charge in [-0.15, -0.1) is 0 Å². The smallest absolute Gasteiger partial charge is 0.251 e. The highest BCUT2D eigenvalue weighted by atomic mass is 16.1. The van der Waals surface area contributed by atoms with Crippen LogP contribution in [0.3, 0.4) is 0 Å². The standard InChI is InChI=1S/C25H37N7O/c1-9-18(10-2)28-21-19(14-26)22(32(8)15-25(4,5)6)31-24(30-21)29-20-13-17(23(33)27-7)12-11-16(20)3/h11-13,18H,9-10,15H2,1-8H3,(H,27,33)(H2,28,29,30,31). The molecule has 3 N–H and O–H groups in total. The lowest BCUT2D eigenvalue weighted by Crippen LogP contribution is -2.31. The Bertz CT molecular complexity index is 1020. The van der Waals surface area contributed by atoms with Gasteiger partial charge in [0.15, 0.2) is 11.6 Å². The van der Waals surface area contributed by atoms with Crippen LogP contribution in [-0.4, -0.2) is 42.6 Å². The van der Waals surface area contributed by atoms with Crippen LogP contribution >= 0.6 is 0 Å². The largest absolute Gasteiger partial charge is 0.366 e. The van der Waals surface area contributed by atoms with Crippen molar-refractivity contribution in [3.8, 4) is 6.07 Å². The van der Waals surface area contributed by atoms with Crippen molar-refractivity contribution in [3.05, 3.63) is 34.9 Å². The van der Waals surface area contributed by atoms with E-state index in [0.717, 1.165) is 24.1 Å². The molecule has 0 unspecified atom stereocenters. The Balaban J connectivity index is 2.59. The first kappa shape index (κ1) is 25.9. The number of benzene rings is 1. The molecule has 0 aliphatic carbocycles. The third kappa shape index (κ3) is 6.82. The normalized spacial score (nSPS) is 11.2. The highest BCUT2D eigenvalue weighted by Gasteiger charge is 2.23. The molecule has 0 spiro atoms. The summed E-state index contributed by atoms with van der Waals surface area (Å²) in [6.45, 7) is 13.3. The van der Waals surface area contributed by atoms with Crippen molar-refractivity contribution >= 4 is 29.2 Å². The molecule has 33 heavy (non-hydrogen) atoms. The van der Waals surface area contributed by atoms with Gasteiger partial charge in [-0.3, -0.25) is 4.79 Å². The highest BCUT2D eigenvalue weighted by molar-refractivity contribution is 5.95. The SMILES string of the molecule is CCC(CC)Nc1nc(Nc2cc(C(=O)NC)ccc2C)nc(N(C)CC(C)(C)C)c1C#N. The molecule has 0 atom stereocenters. The molecular weight excluding hydrogens is 414 g/mol. The number of aryl methyl sites for hydroxylation is 1. The minimum Gasteiger partial charge on any atom is -0.366 e. The Hall–Kier alpha value is -3.34. The van der Waals surface area contributed by atoms with E-state index in [0.29, 0.717) is 35.3 Å². The summed E-state index contributed by atoms with van der Waals surface area (Å²) in [6, 6.07) is 7.94. The molecule has 8 heteroatoms. The number of aromatic nitrogens is 2. The van der Waals surface area contributed by atoms with E-state index in [-0.39, 0.29) is 17.4 Å². The fraction of sp³-hybridized carbons (Fsp3) is 0.520. The van der Waals surface area contributed by atoms with Crippen molar-refractivity contribution in [2.45, 2.75) is 60.4 Å².